The van der Waals surface area contributed by atoms with Crippen LogP contribution in [0.5, 0.6) is 5.75 Å². The number of fused-ring (bicyclic) bond motifs is 1. The van der Waals surface area contributed by atoms with Gasteiger partial charge in [0.25, 0.3) is 5.84 Å². The minimum atomic E-state index is -0.208. The summed E-state index contributed by atoms with van der Waals surface area (Å²) in [5.41, 5.74) is 9.37. The Morgan fingerprint density at radius 3 is 2.61 bits per heavy atom. The number of nitrogens with two attached hydrogens (primary N) is 2. The van der Waals surface area contributed by atoms with Crippen LogP contribution in [0.2, 0.25) is 0 Å². The van der Waals surface area contributed by atoms with Crippen LogP contribution in [0.3, 0.4) is 0 Å². The summed E-state index contributed by atoms with van der Waals surface area (Å²) >= 11 is 0. The zero-order valence-electron chi connectivity index (χ0n) is 18.4. The zero-order valence-corrected chi connectivity index (χ0v) is 18.4. The quantitative estimate of drug-likeness (QED) is 0.526. The second kappa shape index (κ2) is 8.77. The molecule has 4 N–H and O–H groups in total. The van der Waals surface area contributed by atoms with Crippen molar-refractivity contribution in [1.82, 2.24) is 0 Å². The number of amidine groups is 1. The third kappa shape index (κ3) is 4.13. The summed E-state index contributed by atoms with van der Waals surface area (Å²) in [6, 6.07) is 18.0. The van der Waals surface area contributed by atoms with E-state index in [1.165, 1.54) is 0 Å². The van der Waals surface area contributed by atoms with E-state index in [0.717, 1.165) is 59.8 Å². The Kier molecular flexibility index (Phi) is 5.66. The number of benzene rings is 2. The van der Waals surface area contributed by atoms with Crippen molar-refractivity contribution in [2.24, 2.45) is 33.4 Å². The highest BCUT2D eigenvalue weighted by Crippen LogP contribution is 2.41. The Morgan fingerprint density at radius 2 is 1.85 bits per heavy atom. The summed E-state index contributed by atoms with van der Waals surface area (Å²) < 4.78 is 6.02. The van der Waals surface area contributed by atoms with Crippen molar-refractivity contribution in [3.8, 4) is 5.75 Å². The first kappa shape index (κ1) is 21.3. The maximum atomic E-state index is 11.6. The predicted octanol–water partition coefficient (Wildman–Crippen LogP) is 3.78. The van der Waals surface area contributed by atoms with Crippen molar-refractivity contribution in [2.45, 2.75) is 32.3 Å². The fourth-order valence-electron chi connectivity index (χ4n) is 4.82. The van der Waals surface area contributed by atoms with Crippen LogP contribution in [0, 0.1) is 11.8 Å². The first-order valence-corrected chi connectivity index (χ1v) is 11.3. The smallest absolute Gasteiger partial charge is 0.265 e. The maximum absolute atomic E-state index is 11.6. The SMILES string of the molecule is NC(=O)C1CCC(C2=C3C=NC=C[N+]3(N)C(c3cccc(OCc4ccccc4)c3)=N2)CC1. The summed E-state index contributed by atoms with van der Waals surface area (Å²) in [7, 11) is 0. The fourth-order valence-corrected chi connectivity index (χ4v) is 4.82. The molecule has 2 aromatic rings. The van der Waals surface area contributed by atoms with Gasteiger partial charge in [-0.05, 0) is 49.4 Å². The molecule has 168 valence electrons. The fraction of sp³-hybridized carbons (Fsp3) is 0.269. The molecule has 1 atom stereocenters. The molecule has 0 bridgehead atoms. The van der Waals surface area contributed by atoms with E-state index < -0.39 is 0 Å². The molecule has 0 aromatic heterocycles. The second-order valence-electron chi connectivity index (χ2n) is 8.81. The second-order valence-corrected chi connectivity index (χ2v) is 8.81. The van der Waals surface area contributed by atoms with E-state index in [0.29, 0.717) is 6.61 Å². The van der Waals surface area contributed by atoms with Gasteiger partial charge in [-0.3, -0.25) is 9.79 Å². The minimum Gasteiger partial charge on any atom is -0.489 e. The van der Waals surface area contributed by atoms with Gasteiger partial charge in [0.15, 0.2) is 0 Å². The molecule has 1 aliphatic carbocycles. The number of rotatable bonds is 6. The monoisotopic (exact) mass is 442 g/mol. The predicted molar refractivity (Wildman–Crippen MR) is 128 cm³/mol. The van der Waals surface area contributed by atoms with E-state index in [1.54, 1.807) is 6.20 Å². The Bertz CT molecular complexity index is 1180. The normalized spacial score (nSPS) is 26.2. The van der Waals surface area contributed by atoms with E-state index in [9.17, 15) is 4.79 Å². The van der Waals surface area contributed by atoms with Crippen molar-refractivity contribution in [1.29, 1.82) is 0 Å². The lowest BCUT2D eigenvalue weighted by atomic mass is 9.80. The van der Waals surface area contributed by atoms with Crippen LogP contribution in [-0.2, 0) is 11.4 Å². The molecule has 1 amide bonds. The largest absolute Gasteiger partial charge is 0.489 e. The summed E-state index contributed by atoms with van der Waals surface area (Å²) in [5, 5.41) is 0. The van der Waals surface area contributed by atoms with Gasteiger partial charge in [-0.15, -0.1) is 4.59 Å². The first-order chi connectivity index (χ1) is 16.0. The van der Waals surface area contributed by atoms with E-state index in [4.69, 9.17) is 21.3 Å². The van der Waals surface area contributed by atoms with Crippen LogP contribution in [-0.4, -0.2) is 22.5 Å². The Balaban J connectivity index is 1.41. The third-order valence-electron chi connectivity index (χ3n) is 6.68. The number of ether oxygens (including phenoxy) is 1. The molecule has 1 fully saturated rings. The van der Waals surface area contributed by atoms with Gasteiger partial charge in [0.1, 0.15) is 24.3 Å². The molecule has 2 aromatic carbocycles. The summed E-state index contributed by atoms with van der Waals surface area (Å²) in [5.74, 6) is 8.36. The van der Waals surface area contributed by atoms with Crippen molar-refractivity contribution in [3.63, 3.8) is 0 Å². The van der Waals surface area contributed by atoms with E-state index in [1.807, 2.05) is 67.0 Å². The van der Waals surface area contributed by atoms with Crippen molar-refractivity contribution in [3.05, 3.63) is 89.5 Å². The summed E-state index contributed by atoms with van der Waals surface area (Å²) in [4.78, 5) is 21.0. The molecule has 3 aliphatic rings. The van der Waals surface area contributed by atoms with Gasteiger partial charge in [0.2, 0.25) is 11.6 Å². The molecule has 0 radical (unpaired) electrons. The molecule has 7 nitrogen and oxygen atoms in total. The molecule has 0 spiro atoms. The number of quaternary nitrogens is 1. The molecule has 1 unspecified atom stereocenters. The molecule has 7 heteroatoms. The lowest BCUT2D eigenvalue weighted by Crippen LogP contribution is -2.53. The van der Waals surface area contributed by atoms with Gasteiger partial charge in [0.05, 0.1) is 18.0 Å². The molecule has 5 rings (SSSR count). The molecule has 33 heavy (non-hydrogen) atoms. The van der Waals surface area contributed by atoms with Crippen LogP contribution in [0.15, 0.2) is 88.4 Å². The van der Waals surface area contributed by atoms with Gasteiger partial charge >= 0.3 is 0 Å². The number of carbonyl (C=O) groups excluding carboxylic acids is 1. The van der Waals surface area contributed by atoms with Crippen molar-refractivity contribution in [2.75, 3.05) is 0 Å². The van der Waals surface area contributed by atoms with Gasteiger partial charge in [0, 0.05) is 11.8 Å². The van der Waals surface area contributed by atoms with Crippen LogP contribution in [0.25, 0.3) is 0 Å². The van der Waals surface area contributed by atoms with Crippen molar-refractivity contribution < 1.29 is 14.1 Å². The van der Waals surface area contributed by atoms with E-state index in [-0.39, 0.29) is 22.3 Å². The van der Waals surface area contributed by atoms with Crippen LogP contribution in [0.4, 0.5) is 0 Å². The highest BCUT2D eigenvalue weighted by Gasteiger charge is 2.46. The van der Waals surface area contributed by atoms with Crippen LogP contribution < -0.4 is 16.3 Å². The number of hydrogen-bond donors (Lipinski definition) is 2. The molecule has 1 saturated carbocycles. The number of aliphatic imine (C=N–C) groups is 2. The highest BCUT2D eigenvalue weighted by atomic mass is 16.5. The highest BCUT2D eigenvalue weighted by molar-refractivity contribution is 6.00. The van der Waals surface area contributed by atoms with Gasteiger partial charge in [-0.2, -0.15) is 10.8 Å². The Morgan fingerprint density at radius 1 is 1.06 bits per heavy atom. The maximum Gasteiger partial charge on any atom is 0.265 e. The molecule has 0 saturated heterocycles. The third-order valence-corrected chi connectivity index (χ3v) is 6.68. The Labute approximate surface area is 193 Å². The van der Waals surface area contributed by atoms with E-state index >= 15 is 0 Å². The van der Waals surface area contributed by atoms with Crippen LogP contribution >= 0.6 is 0 Å². The average molecular weight is 443 g/mol. The number of hydrogen-bond acceptors (Lipinski definition) is 5. The summed E-state index contributed by atoms with van der Waals surface area (Å²) in [6.45, 7) is 0.490. The molecular formula is C26H28N5O2+. The molecule has 2 heterocycles. The molecule has 2 aliphatic heterocycles. The zero-order chi connectivity index (χ0) is 22.8. The van der Waals surface area contributed by atoms with Gasteiger partial charge in [-0.25, -0.2) is 0 Å². The number of carbonyl (C=O) groups is 1. The Hall–Kier alpha value is -3.55. The standard InChI is InChI=1S/C26H27N5O2/c27-25(32)20-11-9-19(10-12-20)24-23-16-29-13-14-31(23,28)26(30-24)21-7-4-8-22(15-21)33-17-18-5-2-1-3-6-18/h1-8,13-16,19-20H,9-12,17,28H2,(H-,27,32)/p+1. The number of allylic oxidation sites excluding steroid dienone is 2. The number of amides is 1. The number of primary amides is 1. The lowest BCUT2D eigenvalue weighted by Gasteiger charge is -2.28. The number of nitrogens with zero attached hydrogens (tertiary/aromatic N) is 3. The van der Waals surface area contributed by atoms with E-state index in [2.05, 4.69) is 4.99 Å². The summed E-state index contributed by atoms with van der Waals surface area (Å²) in [6.07, 6.45) is 8.66. The lowest BCUT2D eigenvalue weighted by molar-refractivity contribution is -0.750. The topological polar surface area (TPSA) is 103 Å². The van der Waals surface area contributed by atoms with Gasteiger partial charge < -0.3 is 10.5 Å². The average Bonchev–Trinajstić information content (AvgIpc) is 3.16. The van der Waals surface area contributed by atoms with Crippen molar-refractivity contribution >= 4 is 18.0 Å². The first-order valence-electron chi connectivity index (χ1n) is 11.3. The molecular weight excluding hydrogens is 414 g/mol. The van der Waals surface area contributed by atoms with Gasteiger partial charge in [-0.1, -0.05) is 36.4 Å². The van der Waals surface area contributed by atoms with Crippen LogP contribution in [0.1, 0.15) is 36.8 Å². The minimum absolute atomic E-state index is 0.0171.